The van der Waals surface area contributed by atoms with Gasteiger partial charge in [0.2, 0.25) is 0 Å². The Morgan fingerprint density at radius 1 is 1.50 bits per heavy atom. The van der Waals surface area contributed by atoms with Crippen molar-refractivity contribution in [2.24, 2.45) is 0 Å². The zero-order valence-electron chi connectivity index (χ0n) is 9.55. The first-order valence-electron chi connectivity index (χ1n) is 5.37. The molecule has 0 amide bonds. The van der Waals surface area contributed by atoms with Gasteiger partial charge in [0, 0.05) is 6.04 Å². The van der Waals surface area contributed by atoms with Gasteiger partial charge in [-0.1, -0.05) is 13.3 Å². The number of rotatable bonds is 4. The maximum Gasteiger partial charge on any atom is 0.185 e. The summed E-state index contributed by atoms with van der Waals surface area (Å²) in [4.78, 5) is 0. The van der Waals surface area contributed by atoms with E-state index < -0.39 is 0 Å². The third-order valence-electron chi connectivity index (χ3n) is 2.52. The molecule has 82 valence electrons. The van der Waals surface area contributed by atoms with Gasteiger partial charge in [0.15, 0.2) is 5.11 Å². The summed E-state index contributed by atoms with van der Waals surface area (Å²) in [6.07, 6.45) is 3.53. The van der Waals surface area contributed by atoms with Crippen molar-refractivity contribution in [3.8, 4) is 0 Å². The Morgan fingerprint density at radius 2 is 2.14 bits per heavy atom. The quantitative estimate of drug-likeness (QED) is 0.701. The third-order valence-corrected chi connectivity index (χ3v) is 2.81. The fourth-order valence-corrected chi connectivity index (χ4v) is 2.13. The van der Waals surface area contributed by atoms with E-state index in [4.69, 9.17) is 12.2 Å². The second-order valence-corrected chi connectivity index (χ2v) is 4.83. The predicted octanol–water partition coefficient (Wildman–Crippen LogP) is 2.00. The summed E-state index contributed by atoms with van der Waals surface area (Å²) >= 11 is 5.27. The van der Waals surface area contributed by atoms with Crippen LogP contribution in [0, 0.1) is 0 Å². The molecular weight excluding hydrogens is 194 g/mol. The SMILES string of the molecule is CCCCC1(C)NC(=S)N(C(C)C)N1. The molecule has 0 aromatic rings. The largest absolute Gasteiger partial charge is 0.342 e. The van der Waals surface area contributed by atoms with Crippen LogP contribution in [0.3, 0.4) is 0 Å². The molecule has 1 saturated heterocycles. The van der Waals surface area contributed by atoms with E-state index in [1.165, 1.54) is 12.8 Å². The number of nitrogens with one attached hydrogen (secondary N) is 2. The average Bonchev–Trinajstić information content (AvgIpc) is 2.39. The lowest BCUT2D eigenvalue weighted by molar-refractivity contribution is 0.190. The van der Waals surface area contributed by atoms with Crippen LogP contribution in [0.15, 0.2) is 0 Å². The minimum Gasteiger partial charge on any atom is -0.342 e. The molecule has 1 aliphatic rings. The maximum atomic E-state index is 5.27. The van der Waals surface area contributed by atoms with Crippen LogP contribution in [0.25, 0.3) is 0 Å². The van der Waals surface area contributed by atoms with Gasteiger partial charge in [-0.3, -0.25) is 5.01 Å². The highest BCUT2D eigenvalue weighted by atomic mass is 32.1. The van der Waals surface area contributed by atoms with Crippen LogP contribution in [0.1, 0.15) is 47.0 Å². The van der Waals surface area contributed by atoms with Gasteiger partial charge < -0.3 is 5.32 Å². The van der Waals surface area contributed by atoms with Crippen LogP contribution in [0.5, 0.6) is 0 Å². The van der Waals surface area contributed by atoms with Gasteiger partial charge in [-0.2, -0.15) is 0 Å². The number of hydrogen-bond acceptors (Lipinski definition) is 2. The Morgan fingerprint density at radius 3 is 2.57 bits per heavy atom. The summed E-state index contributed by atoms with van der Waals surface area (Å²) in [5, 5.41) is 6.19. The van der Waals surface area contributed by atoms with E-state index in [9.17, 15) is 0 Å². The molecule has 0 aromatic carbocycles. The van der Waals surface area contributed by atoms with Gasteiger partial charge in [0.05, 0.1) is 0 Å². The number of hydrazine groups is 1. The van der Waals surface area contributed by atoms with Gasteiger partial charge in [0.25, 0.3) is 0 Å². The van der Waals surface area contributed by atoms with Crippen molar-refractivity contribution in [2.45, 2.75) is 58.7 Å². The molecule has 14 heavy (non-hydrogen) atoms. The number of hydrogen-bond donors (Lipinski definition) is 2. The molecule has 1 aliphatic heterocycles. The Balaban J connectivity index is 2.56. The highest BCUT2D eigenvalue weighted by molar-refractivity contribution is 7.80. The van der Waals surface area contributed by atoms with Crippen LogP contribution >= 0.6 is 12.2 Å². The smallest absolute Gasteiger partial charge is 0.185 e. The molecule has 0 spiro atoms. The summed E-state index contributed by atoms with van der Waals surface area (Å²) in [6, 6.07) is 0.401. The zero-order chi connectivity index (χ0) is 10.8. The van der Waals surface area contributed by atoms with Gasteiger partial charge in [-0.25, -0.2) is 5.43 Å². The van der Waals surface area contributed by atoms with Crippen LogP contribution in [0.4, 0.5) is 0 Å². The highest BCUT2D eigenvalue weighted by Crippen LogP contribution is 2.18. The normalized spacial score (nSPS) is 27.2. The van der Waals surface area contributed by atoms with Crippen molar-refractivity contribution in [1.29, 1.82) is 0 Å². The number of unbranched alkanes of at least 4 members (excludes halogenated alkanes) is 1. The van der Waals surface area contributed by atoms with Crippen molar-refractivity contribution in [1.82, 2.24) is 15.8 Å². The molecule has 0 radical (unpaired) electrons. The molecule has 1 unspecified atom stereocenters. The highest BCUT2D eigenvalue weighted by Gasteiger charge is 2.35. The molecule has 0 aliphatic carbocycles. The van der Waals surface area contributed by atoms with Crippen molar-refractivity contribution >= 4 is 17.3 Å². The Kier molecular flexibility index (Phi) is 3.72. The molecule has 0 bridgehead atoms. The van der Waals surface area contributed by atoms with Crippen molar-refractivity contribution in [3.63, 3.8) is 0 Å². The van der Waals surface area contributed by atoms with E-state index in [0.29, 0.717) is 6.04 Å². The maximum absolute atomic E-state index is 5.27. The van der Waals surface area contributed by atoms with E-state index >= 15 is 0 Å². The molecule has 1 fully saturated rings. The van der Waals surface area contributed by atoms with E-state index in [-0.39, 0.29) is 5.66 Å². The van der Waals surface area contributed by atoms with Gasteiger partial charge in [-0.05, 0) is 45.8 Å². The fraction of sp³-hybridized carbons (Fsp3) is 0.900. The first-order chi connectivity index (χ1) is 6.48. The summed E-state index contributed by atoms with van der Waals surface area (Å²) in [5.41, 5.74) is 3.39. The van der Waals surface area contributed by atoms with Crippen molar-refractivity contribution in [3.05, 3.63) is 0 Å². The molecule has 1 rings (SSSR count). The molecule has 0 aromatic heterocycles. The van der Waals surface area contributed by atoms with Gasteiger partial charge in [0.1, 0.15) is 5.66 Å². The minimum atomic E-state index is -0.0443. The summed E-state index contributed by atoms with van der Waals surface area (Å²) in [7, 11) is 0. The minimum absolute atomic E-state index is 0.0443. The number of thiocarbonyl (C=S) groups is 1. The lowest BCUT2D eigenvalue weighted by atomic mass is 10.1. The molecule has 1 atom stereocenters. The predicted molar refractivity (Wildman–Crippen MR) is 63.8 cm³/mol. The van der Waals surface area contributed by atoms with E-state index in [0.717, 1.165) is 11.5 Å². The van der Waals surface area contributed by atoms with Crippen LogP contribution in [0.2, 0.25) is 0 Å². The first-order valence-corrected chi connectivity index (χ1v) is 5.78. The molecule has 2 N–H and O–H groups in total. The standard InChI is InChI=1S/C10H21N3S/c1-5-6-7-10(4)11-9(14)13(12-10)8(2)3/h8,12H,5-7H2,1-4H3,(H,11,14). The van der Waals surface area contributed by atoms with Crippen molar-refractivity contribution in [2.75, 3.05) is 0 Å². The average molecular weight is 215 g/mol. The second-order valence-electron chi connectivity index (χ2n) is 4.44. The first kappa shape index (κ1) is 11.7. The summed E-state index contributed by atoms with van der Waals surface area (Å²) < 4.78 is 0. The Bertz CT molecular complexity index is 217. The van der Waals surface area contributed by atoms with E-state index in [1.54, 1.807) is 0 Å². The van der Waals surface area contributed by atoms with Crippen LogP contribution < -0.4 is 10.7 Å². The van der Waals surface area contributed by atoms with E-state index in [1.807, 2.05) is 5.01 Å². The van der Waals surface area contributed by atoms with Gasteiger partial charge in [-0.15, -0.1) is 0 Å². The molecule has 0 saturated carbocycles. The van der Waals surface area contributed by atoms with Crippen molar-refractivity contribution < 1.29 is 0 Å². The molecule has 1 heterocycles. The number of nitrogens with zero attached hydrogens (tertiary/aromatic N) is 1. The second kappa shape index (κ2) is 4.45. The lowest BCUT2D eigenvalue weighted by Crippen LogP contribution is -2.49. The summed E-state index contributed by atoms with van der Waals surface area (Å²) in [5.74, 6) is 0. The topological polar surface area (TPSA) is 27.3 Å². The lowest BCUT2D eigenvalue weighted by Gasteiger charge is -2.27. The van der Waals surface area contributed by atoms with Gasteiger partial charge >= 0.3 is 0 Å². The van der Waals surface area contributed by atoms with Crippen LogP contribution in [-0.4, -0.2) is 21.8 Å². The molecule has 3 nitrogen and oxygen atoms in total. The summed E-state index contributed by atoms with van der Waals surface area (Å²) in [6.45, 7) is 8.63. The molecular formula is C10H21N3S. The third kappa shape index (κ3) is 2.58. The Hall–Kier alpha value is -0.350. The Labute approximate surface area is 92.2 Å². The monoisotopic (exact) mass is 215 g/mol. The fourth-order valence-electron chi connectivity index (χ4n) is 1.65. The van der Waals surface area contributed by atoms with E-state index in [2.05, 4.69) is 38.4 Å². The zero-order valence-corrected chi connectivity index (χ0v) is 10.4. The molecule has 4 heteroatoms. The van der Waals surface area contributed by atoms with Crippen LogP contribution in [-0.2, 0) is 0 Å².